The van der Waals surface area contributed by atoms with E-state index in [1.807, 2.05) is 11.8 Å². The van der Waals surface area contributed by atoms with Gasteiger partial charge >= 0.3 is 0 Å². The van der Waals surface area contributed by atoms with Crippen LogP contribution in [-0.2, 0) is 19.6 Å². The Kier molecular flexibility index (Phi) is 7.46. The van der Waals surface area contributed by atoms with Gasteiger partial charge in [-0.2, -0.15) is 0 Å². The van der Waals surface area contributed by atoms with Crippen molar-refractivity contribution in [1.82, 2.24) is 14.5 Å². The normalized spacial score (nSPS) is 24.3. The Morgan fingerprint density at radius 2 is 1.77 bits per heavy atom. The van der Waals surface area contributed by atoms with Crippen LogP contribution >= 0.6 is 0 Å². The van der Waals surface area contributed by atoms with Gasteiger partial charge in [0.05, 0.1) is 12.2 Å². The van der Waals surface area contributed by atoms with E-state index in [0.29, 0.717) is 39.0 Å². The summed E-state index contributed by atoms with van der Waals surface area (Å²) in [5.74, 6) is -0.135. The minimum absolute atomic E-state index is 0.0512. The molecule has 1 N–H and O–H groups in total. The molecule has 2 aliphatic rings. The smallest absolute Gasteiger partial charge is 0.225 e. The molecule has 2 fully saturated rings. The molecule has 0 aromatic carbocycles. The third-order valence-electron chi connectivity index (χ3n) is 5.49. The highest BCUT2D eigenvalue weighted by atomic mass is 32.2. The van der Waals surface area contributed by atoms with Gasteiger partial charge in [-0.1, -0.05) is 13.3 Å². The van der Waals surface area contributed by atoms with Crippen molar-refractivity contribution in [2.45, 2.75) is 58.4 Å². The fraction of sp³-hybridized carbons (Fsp3) is 0.889. The molecule has 2 aliphatic heterocycles. The van der Waals surface area contributed by atoms with Gasteiger partial charge in [0.1, 0.15) is 0 Å². The number of nitrogens with zero attached hydrogens (tertiary/aromatic N) is 2. The average molecular weight is 388 g/mol. The van der Waals surface area contributed by atoms with Crippen molar-refractivity contribution in [3.8, 4) is 0 Å². The number of likely N-dealkylation sites (tertiary alicyclic amines) is 1. The van der Waals surface area contributed by atoms with Crippen molar-refractivity contribution in [3.63, 3.8) is 0 Å². The molecule has 0 radical (unpaired) electrons. The van der Waals surface area contributed by atoms with Crippen LogP contribution in [0.1, 0.15) is 52.4 Å². The van der Waals surface area contributed by atoms with Gasteiger partial charge in [-0.25, -0.2) is 12.7 Å². The lowest BCUT2D eigenvalue weighted by atomic mass is 9.92. The molecule has 2 rings (SSSR count). The monoisotopic (exact) mass is 387 g/mol. The molecule has 0 aliphatic carbocycles. The second-order valence-corrected chi connectivity index (χ2v) is 9.74. The Morgan fingerprint density at radius 3 is 2.35 bits per heavy atom. The number of hydrogen-bond donors (Lipinski definition) is 1. The van der Waals surface area contributed by atoms with Crippen LogP contribution in [0.5, 0.6) is 0 Å². The van der Waals surface area contributed by atoms with E-state index in [1.165, 1.54) is 10.6 Å². The minimum Gasteiger partial charge on any atom is -0.353 e. The summed E-state index contributed by atoms with van der Waals surface area (Å²) in [5.41, 5.74) is 0. The van der Waals surface area contributed by atoms with Crippen LogP contribution < -0.4 is 5.32 Å². The molecule has 0 aromatic heterocycles. The predicted octanol–water partition coefficient (Wildman–Crippen LogP) is 1.20. The molecule has 2 saturated heterocycles. The Bertz CT molecular complexity index is 600. The van der Waals surface area contributed by atoms with Crippen LogP contribution in [0.25, 0.3) is 0 Å². The molecule has 150 valence electrons. The predicted molar refractivity (Wildman–Crippen MR) is 101 cm³/mol. The van der Waals surface area contributed by atoms with E-state index in [0.717, 1.165) is 25.7 Å². The topological polar surface area (TPSA) is 86.8 Å². The van der Waals surface area contributed by atoms with Crippen LogP contribution in [0.3, 0.4) is 0 Å². The molecule has 0 spiro atoms. The summed E-state index contributed by atoms with van der Waals surface area (Å²) in [4.78, 5) is 27.1. The van der Waals surface area contributed by atoms with E-state index < -0.39 is 10.0 Å². The minimum atomic E-state index is -3.18. The lowest BCUT2D eigenvalue weighted by molar-refractivity contribution is -0.140. The van der Waals surface area contributed by atoms with E-state index >= 15 is 0 Å². The zero-order valence-corrected chi connectivity index (χ0v) is 17.1. The molecular weight excluding hydrogens is 354 g/mol. The summed E-state index contributed by atoms with van der Waals surface area (Å²) in [6, 6.07) is 0.166. The van der Waals surface area contributed by atoms with Crippen molar-refractivity contribution < 1.29 is 18.0 Å². The average Bonchev–Trinajstić information content (AvgIpc) is 2.60. The summed E-state index contributed by atoms with van der Waals surface area (Å²) >= 11 is 0. The second kappa shape index (κ2) is 9.17. The number of carbonyl (C=O) groups is 2. The zero-order chi connectivity index (χ0) is 19.3. The summed E-state index contributed by atoms with van der Waals surface area (Å²) < 4.78 is 24.6. The van der Waals surface area contributed by atoms with Crippen molar-refractivity contribution in [3.05, 3.63) is 0 Å². The lowest BCUT2D eigenvalue weighted by Crippen LogP contribution is -2.50. The number of nitrogens with one attached hydrogen (secondary N) is 1. The fourth-order valence-corrected chi connectivity index (χ4v) is 4.82. The van der Waals surface area contributed by atoms with Crippen LogP contribution in [-0.4, -0.2) is 67.9 Å². The molecular formula is C18H33N3O4S. The fourth-order valence-electron chi connectivity index (χ4n) is 3.95. The number of carbonyl (C=O) groups excluding carboxylic acids is 2. The first-order valence-corrected chi connectivity index (χ1v) is 11.6. The van der Waals surface area contributed by atoms with Crippen molar-refractivity contribution >= 4 is 21.8 Å². The van der Waals surface area contributed by atoms with Crippen LogP contribution in [0.2, 0.25) is 0 Å². The molecule has 0 bridgehead atoms. The summed E-state index contributed by atoms with van der Waals surface area (Å²) in [7, 11) is -3.18. The maximum Gasteiger partial charge on any atom is 0.225 e. The van der Waals surface area contributed by atoms with Gasteiger partial charge in [0.25, 0.3) is 0 Å². The van der Waals surface area contributed by atoms with E-state index in [1.54, 1.807) is 0 Å². The molecule has 0 unspecified atom stereocenters. The van der Waals surface area contributed by atoms with Gasteiger partial charge in [0.2, 0.25) is 21.8 Å². The second-order valence-electron chi connectivity index (χ2n) is 7.76. The van der Waals surface area contributed by atoms with E-state index in [2.05, 4.69) is 12.2 Å². The highest BCUT2D eigenvalue weighted by molar-refractivity contribution is 7.88. The van der Waals surface area contributed by atoms with Crippen LogP contribution in [0.15, 0.2) is 0 Å². The van der Waals surface area contributed by atoms with E-state index in [-0.39, 0.29) is 29.7 Å². The number of rotatable bonds is 6. The summed E-state index contributed by atoms with van der Waals surface area (Å²) in [5, 5.41) is 3.06. The Balaban J connectivity index is 1.87. The van der Waals surface area contributed by atoms with Gasteiger partial charge in [0, 0.05) is 38.1 Å². The molecule has 2 heterocycles. The van der Waals surface area contributed by atoms with Gasteiger partial charge < -0.3 is 10.2 Å². The first kappa shape index (κ1) is 21.2. The van der Waals surface area contributed by atoms with Gasteiger partial charge in [-0.3, -0.25) is 9.59 Å². The lowest BCUT2D eigenvalue weighted by Gasteiger charge is -2.37. The first-order valence-electron chi connectivity index (χ1n) is 9.76. The Labute approximate surface area is 157 Å². The van der Waals surface area contributed by atoms with Crippen molar-refractivity contribution in [2.75, 3.05) is 32.4 Å². The van der Waals surface area contributed by atoms with Gasteiger partial charge in [0.15, 0.2) is 0 Å². The molecule has 2 atom stereocenters. The molecule has 26 heavy (non-hydrogen) atoms. The standard InChI is InChI=1S/C18H33N3O4S/c1-4-6-14(2)19-17(22)16-7-5-10-20(13-16)18(23)15-8-11-21(12-9-15)26(3,24)25/h14-16H,4-13H2,1-3H3,(H,19,22)/t14-,16+/m1/s1. The summed E-state index contributed by atoms with van der Waals surface area (Å²) in [6.07, 6.45) is 5.99. The molecule has 8 heteroatoms. The molecule has 7 nitrogen and oxygen atoms in total. The van der Waals surface area contributed by atoms with E-state index in [9.17, 15) is 18.0 Å². The Morgan fingerprint density at radius 1 is 1.12 bits per heavy atom. The number of hydrogen-bond acceptors (Lipinski definition) is 4. The molecule has 0 saturated carbocycles. The van der Waals surface area contributed by atoms with Gasteiger partial charge in [-0.15, -0.1) is 0 Å². The maximum atomic E-state index is 12.8. The first-order chi connectivity index (χ1) is 12.2. The van der Waals surface area contributed by atoms with Gasteiger partial charge in [-0.05, 0) is 39.0 Å². The number of sulfonamides is 1. The third-order valence-corrected chi connectivity index (χ3v) is 6.79. The summed E-state index contributed by atoms with van der Waals surface area (Å²) in [6.45, 7) is 6.10. The van der Waals surface area contributed by atoms with Crippen molar-refractivity contribution in [1.29, 1.82) is 0 Å². The zero-order valence-electron chi connectivity index (χ0n) is 16.2. The van der Waals surface area contributed by atoms with E-state index in [4.69, 9.17) is 0 Å². The third kappa shape index (κ3) is 5.67. The quantitative estimate of drug-likeness (QED) is 0.742. The molecule has 2 amide bonds. The highest BCUT2D eigenvalue weighted by Crippen LogP contribution is 2.25. The maximum absolute atomic E-state index is 12.8. The number of piperidine rings is 2. The van der Waals surface area contributed by atoms with Crippen molar-refractivity contribution in [2.24, 2.45) is 11.8 Å². The SMILES string of the molecule is CCC[C@@H](C)NC(=O)[C@H]1CCCN(C(=O)C2CCN(S(C)(=O)=O)CC2)C1. The molecule has 0 aromatic rings. The Hall–Kier alpha value is -1.15. The highest BCUT2D eigenvalue weighted by Gasteiger charge is 2.35. The van der Waals surface area contributed by atoms with Crippen LogP contribution in [0, 0.1) is 11.8 Å². The largest absolute Gasteiger partial charge is 0.353 e. The van der Waals surface area contributed by atoms with Crippen LogP contribution in [0.4, 0.5) is 0 Å². The number of amides is 2.